The quantitative estimate of drug-likeness (QED) is 0.0263. The van der Waals surface area contributed by atoms with Gasteiger partial charge in [-0.15, -0.1) is 0 Å². The third-order valence-corrected chi connectivity index (χ3v) is 11.5. The van der Waals surface area contributed by atoms with Crippen molar-refractivity contribution in [3.63, 3.8) is 0 Å². The van der Waals surface area contributed by atoms with Crippen molar-refractivity contribution >= 4 is 17.9 Å². The topological polar surface area (TPSA) is 78.9 Å². The number of hydrogen-bond acceptors (Lipinski definition) is 6. The third-order valence-electron chi connectivity index (χ3n) is 11.5. The molecule has 59 heavy (non-hydrogen) atoms. The van der Waals surface area contributed by atoms with Crippen LogP contribution < -0.4 is 0 Å². The zero-order valence-corrected chi connectivity index (χ0v) is 39.5. The second-order valence-electron chi connectivity index (χ2n) is 17.4. The lowest BCUT2D eigenvalue weighted by atomic mass is 10.0. The smallest absolute Gasteiger partial charge is 0.306 e. The van der Waals surface area contributed by atoms with Gasteiger partial charge in [-0.05, 0) is 51.4 Å². The average Bonchev–Trinajstić information content (AvgIpc) is 3.23. The molecule has 0 saturated carbocycles. The van der Waals surface area contributed by atoms with E-state index in [1.54, 1.807) is 0 Å². The summed E-state index contributed by atoms with van der Waals surface area (Å²) in [4.78, 5) is 37.9. The Morgan fingerprint density at radius 3 is 0.966 bits per heavy atom. The van der Waals surface area contributed by atoms with Crippen LogP contribution in [0.3, 0.4) is 0 Å². The Morgan fingerprint density at radius 2 is 0.610 bits per heavy atom. The van der Waals surface area contributed by atoms with Gasteiger partial charge in [0, 0.05) is 19.3 Å². The Kier molecular flexibility index (Phi) is 46.8. The first-order chi connectivity index (χ1) is 29.0. The van der Waals surface area contributed by atoms with E-state index in [1.807, 2.05) is 0 Å². The molecular weight excluding hydrogens is 733 g/mol. The molecule has 0 aromatic heterocycles. The van der Waals surface area contributed by atoms with Crippen LogP contribution in [0.1, 0.15) is 278 Å². The van der Waals surface area contributed by atoms with Crippen molar-refractivity contribution in [2.24, 2.45) is 0 Å². The summed E-state index contributed by atoms with van der Waals surface area (Å²) >= 11 is 0. The molecular formula is C53H98O6. The van der Waals surface area contributed by atoms with E-state index in [9.17, 15) is 14.4 Å². The highest BCUT2D eigenvalue weighted by Crippen LogP contribution is 2.16. The van der Waals surface area contributed by atoms with Gasteiger partial charge in [-0.1, -0.05) is 231 Å². The van der Waals surface area contributed by atoms with Crippen molar-refractivity contribution in [2.75, 3.05) is 13.2 Å². The number of carbonyl (C=O) groups excluding carboxylic acids is 3. The molecule has 6 heteroatoms. The van der Waals surface area contributed by atoms with Crippen LogP contribution in [0.2, 0.25) is 0 Å². The molecule has 0 aliphatic heterocycles. The molecule has 0 amide bonds. The minimum atomic E-state index is -0.770. The maximum atomic E-state index is 12.8. The Balaban J connectivity index is 4.36. The summed E-state index contributed by atoms with van der Waals surface area (Å²) in [7, 11) is 0. The van der Waals surface area contributed by atoms with Crippen molar-refractivity contribution in [1.29, 1.82) is 0 Å². The number of rotatable bonds is 47. The molecule has 0 unspecified atom stereocenters. The molecule has 0 heterocycles. The molecule has 0 aromatic rings. The Hall–Kier alpha value is -2.11. The lowest BCUT2D eigenvalue weighted by Gasteiger charge is -2.18. The van der Waals surface area contributed by atoms with Gasteiger partial charge in [0.25, 0.3) is 0 Å². The van der Waals surface area contributed by atoms with Crippen molar-refractivity contribution in [2.45, 2.75) is 284 Å². The standard InChI is InChI=1S/C53H98O6/c1-4-7-10-13-16-19-22-25-26-29-31-34-37-40-43-46-52(55)58-49-50(59-53(56)47-44-41-38-35-32-28-24-21-18-15-12-9-6-3)48-57-51(54)45-42-39-36-33-30-27-23-20-17-14-11-8-5-2/h16,19,25-26,50H,4-15,17-18,20-24,27-49H2,1-3H3/b19-16-,26-25-/t50-/m1/s1. The Morgan fingerprint density at radius 1 is 0.339 bits per heavy atom. The van der Waals surface area contributed by atoms with Crippen LogP contribution in [-0.2, 0) is 28.6 Å². The van der Waals surface area contributed by atoms with Gasteiger partial charge in [0.1, 0.15) is 13.2 Å². The molecule has 0 fully saturated rings. The molecule has 0 bridgehead atoms. The normalized spacial score (nSPS) is 12.1. The fraction of sp³-hybridized carbons (Fsp3) is 0.868. The minimum Gasteiger partial charge on any atom is -0.462 e. The molecule has 1 atom stereocenters. The number of esters is 3. The maximum absolute atomic E-state index is 12.8. The van der Waals surface area contributed by atoms with Gasteiger partial charge in [0.15, 0.2) is 6.10 Å². The van der Waals surface area contributed by atoms with Crippen molar-refractivity contribution in [3.05, 3.63) is 24.3 Å². The molecule has 0 saturated heterocycles. The van der Waals surface area contributed by atoms with Gasteiger partial charge in [-0.25, -0.2) is 0 Å². The number of allylic oxidation sites excluding steroid dienone is 4. The monoisotopic (exact) mass is 831 g/mol. The van der Waals surface area contributed by atoms with Crippen molar-refractivity contribution in [1.82, 2.24) is 0 Å². The van der Waals surface area contributed by atoms with Crippen LogP contribution in [0.5, 0.6) is 0 Å². The van der Waals surface area contributed by atoms with E-state index in [2.05, 4.69) is 45.1 Å². The van der Waals surface area contributed by atoms with E-state index in [0.29, 0.717) is 19.3 Å². The van der Waals surface area contributed by atoms with Crippen LogP contribution in [0.4, 0.5) is 0 Å². The van der Waals surface area contributed by atoms with E-state index >= 15 is 0 Å². The summed E-state index contributed by atoms with van der Waals surface area (Å²) < 4.78 is 16.8. The van der Waals surface area contributed by atoms with Crippen LogP contribution in [0, 0.1) is 0 Å². The van der Waals surface area contributed by atoms with Gasteiger partial charge in [-0.2, -0.15) is 0 Å². The highest BCUT2D eigenvalue weighted by atomic mass is 16.6. The van der Waals surface area contributed by atoms with Gasteiger partial charge in [0.2, 0.25) is 0 Å². The number of hydrogen-bond donors (Lipinski definition) is 0. The highest BCUT2D eigenvalue weighted by molar-refractivity contribution is 5.71. The van der Waals surface area contributed by atoms with E-state index < -0.39 is 6.10 Å². The van der Waals surface area contributed by atoms with Gasteiger partial charge < -0.3 is 14.2 Å². The summed E-state index contributed by atoms with van der Waals surface area (Å²) in [6, 6.07) is 0. The fourth-order valence-electron chi connectivity index (χ4n) is 7.53. The largest absolute Gasteiger partial charge is 0.462 e. The summed E-state index contributed by atoms with van der Waals surface area (Å²) in [6.45, 7) is 6.62. The molecule has 0 aliphatic carbocycles. The number of carbonyl (C=O) groups is 3. The van der Waals surface area contributed by atoms with Crippen LogP contribution in [0.15, 0.2) is 24.3 Å². The zero-order chi connectivity index (χ0) is 43.0. The van der Waals surface area contributed by atoms with Gasteiger partial charge >= 0.3 is 17.9 Å². The summed E-state index contributed by atoms with van der Waals surface area (Å²) in [6.07, 6.45) is 54.4. The first kappa shape index (κ1) is 56.9. The summed E-state index contributed by atoms with van der Waals surface area (Å²) in [5.41, 5.74) is 0. The van der Waals surface area contributed by atoms with Gasteiger partial charge in [-0.3, -0.25) is 14.4 Å². The third kappa shape index (κ3) is 46.8. The maximum Gasteiger partial charge on any atom is 0.306 e. The fourth-order valence-corrected chi connectivity index (χ4v) is 7.53. The first-order valence-corrected chi connectivity index (χ1v) is 25.8. The Bertz CT molecular complexity index is 958. The van der Waals surface area contributed by atoms with E-state index in [1.165, 1.54) is 161 Å². The predicted octanol–water partition coefficient (Wildman–Crippen LogP) is 16.8. The SMILES string of the molecule is CCCCC/C=C\C/C=C\CCCCCCCC(=O)OC[C@@H](COC(=O)CCCCCCCCCCCCCCC)OC(=O)CCCCCCCCCCCCCCC. The molecule has 0 aliphatic rings. The summed E-state index contributed by atoms with van der Waals surface area (Å²) in [5, 5.41) is 0. The molecule has 346 valence electrons. The lowest BCUT2D eigenvalue weighted by molar-refractivity contribution is -0.167. The second-order valence-corrected chi connectivity index (χ2v) is 17.4. The minimum absolute atomic E-state index is 0.0708. The van der Waals surface area contributed by atoms with E-state index in [4.69, 9.17) is 14.2 Å². The molecule has 0 rings (SSSR count). The molecule has 6 nitrogen and oxygen atoms in total. The molecule has 0 spiro atoms. The number of unbranched alkanes of at least 4 members (excludes halogenated alkanes) is 32. The van der Waals surface area contributed by atoms with Gasteiger partial charge in [0.05, 0.1) is 0 Å². The zero-order valence-electron chi connectivity index (χ0n) is 39.5. The van der Waals surface area contributed by atoms with Crippen LogP contribution >= 0.6 is 0 Å². The molecule has 0 aromatic carbocycles. The van der Waals surface area contributed by atoms with E-state index in [0.717, 1.165) is 77.0 Å². The Labute approximate surface area is 366 Å². The summed E-state index contributed by atoms with van der Waals surface area (Å²) in [5.74, 6) is -0.871. The predicted molar refractivity (Wildman–Crippen MR) is 252 cm³/mol. The first-order valence-electron chi connectivity index (χ1n) is 25.8. The number of ether oxygens (including phenoxy) is 3. The van der Waals surface area contributed by atoms with Crippen LogP contribution in [0.25, 0.3) is 0 Å². The van der Waals surface area contributed by atoms with Crippen LogP contribution in [-0.4, -0.2) is 37.2 Å². The molecule has 0 N–H and O–H groups in total. The lowest BCUT2D eigenvalue weighted by Crippen LogP contribution is -2.30. The van der Waals surface area contributed by atoms with Crippen molar-refractivity contribution < 1.29 is 28.6 Å². The second kappa shape index (κ2) is 48.6. The molecule has 0 radical (unpaired) electrons. The van der Waals surface area contributed by atoms with Crippen molar-refractivity contribution in [3.8, 4) is 0 Å². The average molecular weight is 831 g/mol. The van der Waals surface area contributed by atoms with E-state index in [-0.39, 0.29) is 31.1 Å². The highest BCUT2D eigenvalue weighted by Gasteiger charge is 2.19.